The maximum atomic E-state index is 12.7. The molecule has 4 N–H and O–H groups in total. The Bertz CT molecular complexity index is 1790. The number of pyridine rings is 1. The molecular formula is C31H34N6O5S. The molecule has 0 radical (unpaired) electrons. The number of sulfonamides is 1. The molecule has 5 rings (SSSR count). The minimum atomic E-state index is -3.73. The summed E-state index contributed by atoms with van der Waals surface area (Å²) in [7, 11) is -3.73. The normalized spacial score (nSPS) is 12.7. The van der Waals surface area contributed by atoms with Crippen LogP contribution >= 0.6 is 0 Å². The van der Waals surface area contributed by atoms with Crippen molar-refractivity contribution in [1.82, 2.24) is 25.2 Å². The van der Waals surface area contributed by atoms with E-state index in [1.165, 1.54) is 24.6 Å². The van der Waals surface area contributed by atoms with Crippen LogP contribution < -0.4 is 15.4 Å². The third-order valence-corrected chi connectivity index (χ3v) is 8.47. The molecule has 224 valence electrons. The van der Waals surface area contributed by atoms with Crippen molar-refractivity contribution in [3.05, 3.63) is 109 Å². The second kappa shape index (κ2) is 12.8. The van der Waals surface area contributed by atoms with Gasteiger partial charge in [0.2, 0.25) is 5.89 Å². The summed E-state index contributed by atoms with van der Waals surface area (Å²) in [6.07, 6.45) is 6.37. The van der Waals surface area contributed by atoms with E-state index in [1.807, 2.05) is 16.8 Å². The molecule has 12 heteroatoms. The number of β-amino-alcohol motifs (C(OH)–C–C–N with tert-alkyl or cyclic N) is 1. The van der Waals surface area contributed by atoms with Gasteiger partial charge in [0.15, 0.2) is 0 Å². The summed E-state index contributed by atoms with van der Waals surface area (Å²) in [5, 5.41) is 17.9. The molecular weight excluding hydrogens is 568 g/mol. The van der Waals surface area contributed by atoms with Gasteiger partial charge in [0.05, 0.1) is 29.3 Å². The van der Waals surface area contributed by atoms with Gasteiger partial charge in [-0.1, -0.05) is 30.3 Å². The molecule has 3 heterocycles. The van der Waals surface area contributed by atoms with Gasteiger partial charge in [0.1, 0.15) is 11.9 Å². The lowest BCUT2D eigenvalue weighted by molar-refractivity contribution is 0.0947. The Morgan fingerprint density at radius 1 is 1.07 bits per heavy atom. The first-order valence-electron chi connectivity index (χ1n) is 13.8. The Hall–Kier alpha value is -4.52. The van der Waals surface area contributed by atoms with Crippen LogP contribution in [0.2, 0.25) is 0 Å². The van der Waals surface area contributed by atoms with Crippen LogP contribution in [0.5, 0.6) is 0 Å². The molecule has 43 heavy (non-hydrogen) atoms. The molecule has 0 bridgehead atoms. The van der Waals surface area contributed by atoms with Crippen molar-refractivity contribution in [2.24, 2.45) is 0 Å². The van der Waals surface area contributed by atoms with Crippen molar-refractivity contribution < 1.29 is 22.7 Å². The lowest BCUT2D eigenvalue weighted by atomic mass is 9.99. The first-order valence-corrected chi connectivity index (χ1v) is 15.3. The van der Waals surface area contributed by atoms with Crippen molar-refractivity contribution in [1.29, 1.82) is 0 Å². The summed E-state index contributed by atoms with van der Waals surface area (Å²) >= 11 is 0. The van der Waals surface area contributed by atoms with E-state index in [9.17, 15) is 18.3 Å². The van der Waals surface area contributed by atoms with Crippen LogP contribution in [0.15, 0.2) is 101 Å². The first kappa shape index (κ1) is 30.0. The number of anilines is 1. The highest BCUT2D eigenvalue weighted by Crippen LogP contribution is 2.22. The van der Waals surface area contributed by atoms with Crippen LogP contribution in [-0.4, -0.2) is 46.1 Å². The molecule has 0 unspecified atom stereocenters. The molecule has 0 aliphatic heterocycles. The largest absolute Gasteiger partial charge is 0.447 e. The summed E-state index contributed by atoms with van der Waals surface area (Å²) in [4.78, 5) is 21.2. The van der Waals surface area contributed by atoms with Crippen LogP contribution in [0.4, 0.5) is 5.69 Å². The van der Waals surface area contributed by atoms with E-state index < -0.39 is 16.1 Å². The Morgan fingerprint density at radius 2 is 1.88 bits per heavy atom. The second-order valence-electron chi connectivity index (χ2n) is 10.8. The number of amides is 1. The molecule has 0 saturated heterocycles. The number of oxazole rings is 1. The van der Waals surface area contributed by atoms with E-state index in [1.54, 1.807) is 54.7 Å². The minimum absolute atomic E-state index is 0.167. The lowest BCUT2D eigenvalue weighted by Crippen LogP contribution is -2.42. The van der Waals surface area contributed by atoms with Crippen molar-refractivity contribution in [2.45, 2.75) is 49.9 Å². The van der Waals surface area contributed by atoms with Crippen molar-refractivity contribution in [3.8, 4) is 0 Å². The number of carbonyl (C=O) groups excluding carboxylic acids is 1. The highest BCUT2D eigenvalue weighted by atomic mass is 32.2. The number of carbonyl (C=O) groups is 1. The molecule has 5 aromatic rings. The zero-order valence-corrected chi connectivity index (χ0v) is 24.7. The average Bonchev–Trinajstić information content (AvgIpc) is 3.68. The van der Waals surface area contributed by atoms with Gasteiger partial charge >= 0.3 is 0 Å². The van der Waals surface area contributed by atoms with Gasteiger partial charge in [-0.2, -0.15) is 0 Å². The van der Waals surface area contributed by atoms with Crippen molar-refractivity contribution in [3.63, 3.8) is 0 Å². The molecule has 11 nitrogen and oxygen atoms in total. The summed E-state index contributed by atoms with van der Waals surface area (Å²) in [6, 6.07) is 18.6. The van der Waals surface area contributed by atoms with Crippen molar-refractivity contribution in [2.75, 3.05) is 11.3 Å². The van der Waals surface area contributed by atoms with Crippen LogP contribution in [-0.2, 0) is 23.1 Å². The predicted octanol–water partition coefficient (Wildman–Crippen LogP) is 4.25. The molecule has 3 aromatic heterocycles. The zero-order chi connectivity index (χ0) is 30.5. The molecule has 1 atom stereocenters. The standard InChI is InChI=1S/C31H34N6O5S/c1-31(2,35-20-27(38)22-7-6-8-25(18-22)36-43(40,41)26-9-4-3-5-10-26)12-15-37-14-11-23-17-24(19-33-29(23)37)30(39)34-21-28-32-13-16-42-28/h3-11,13-14,16-19,27,35-36,38H,12,15,20-21H2,1-2H3,(H,34,39)/t27-/m0/s1. The number of aryl methyl sites for hydroxylation is 1. The van der Waals surface area contributed by atoms with Crippen LogP contribution in [0.3, 0.4) is 0 Å². The average molecular weight is 603 g/mol. The maximum absolute atomic E-state index is 12.7. The topological polar surface area (TPSA) is 151 Å². The van der Waals surface area contributed by atoms with Gasteiger partial charge in [-0.05, 0) is 62.2 Å². The van der Waals surface area contributed by atoms with Gasteiger partial charge in [-0.3, -0.25) is 9.52 Å². The summed E-state index contributed by atoms with van der Waals surface area (Å²) in [5.74, 6) is 0.167. The predicted molar refractivity (Wildman–Crippen MR) is 163 cm³/mol. The number of aliphatic hydroxyl groups excluding tert-OH is 1. The fourth-order valence-corrected chi connectivity index (χ4v) is 5.65. The van der Waals surface area contributed by atoms with Gasteiger partial charge < -0.3 is 24.7 Å². The molecule has 0 fully saturated rings. The Morgan fingerprint density at radius 3 is 2.65 bits per heavy atom. The van der Waals surface area contributed by atoms with E-state index in [-0.39, 0.29) is 29.4 Å². The third-order valence-electron chi connectivity index (χ3n) is 7.08. The van der Waals surface area contributed by atoms with E-state index in [0.717, 1.165) is 17.5 Å². The number of nitrogens with zero attached hydrogens (tertiary/aromatic N) is 3. The van der Waals surface area contributed by atoms with Crippen molar-refractivity contribution >= 4 is 32.7 Å². The fourth-order valence-electron chi connectivity index (χ4n) is 4.58. The monoisotopic (exact) mass is 602 g/mol. The Labute approximate surface area is 250 Å². The van der Waals surface area contributed by atoms with Crippen LogP contribution in [0, 0.1) is 0 Å². The van der Waals surface area contributed by atoms with E-state index >= 15 is 0 Å². The summed E-state index contributed by atoms with van der Waals surface area (Å²) in [6.45, 7) is 5.25. The highest BCUT2D eigenvalue weighted by molar-refractivity contribution is 7.92. The summed E-state index contributed by atoms with van der Waals surface area (Å²) in [5.41, 5.74) is 1.86. The molecule has 0 aliphatic rings. The lowest BCUT2D eigenvalue weighted by Gasteiger charge is -2.28. The van der Waals surface area contributed by atoms with Gasteiger partial charge in [0.25, 0.3) is 15.9 Å². The van der Waals surface area contributed by atoms with Crippen LogP contribution in [0.1, 0.15) is 48.2 Å². The Balaban J connectivity index is 1.15. The molecule has 1 amide bonds. The number of aromatic nitrogens is 3. The number of fused-ring (bicyclic) bond motifs is 1. The maximum Gasteiger partial charge on any atom is 0.261 e. The van der Waals surface area contributed by atoms with E-state index in [2.05, 4.69) is 39.2 Å². The number of benzene rings is 2. The Kier molecular flexibility index (Phi) is 8.90. The van der Waals surface area contributed by atoms with Gasteiger partial charge in [0, 0.05) is 42.1 Å². The number of hydrogen-bond donors (Lipinski definition) is 4. The smallest absolute Gasteiger partial charge is 0.261 e. The van der Waals surface area contributed by atoms with Gasteiger partial charge in [-0.25, -0.2) is 18.4 Å². The molecule has 0 spiro atoms. The SMILES string of the molecule is CC(C)(CCn1ccc2cc(C(=O)NCc3ncco3)cnc21)NC[C@H](O)c1cccc(NS(=O)(=O)c2ccccc2)c1. The molecule has 2 aromatic carbocycles. The second-order valence-corrected chi connectivity index (χ2v) is 12.5. The summed E-state index contributed by atoms with van der Waals surface area (Å²) < 4.78 is 35.1. The minimum Gasteiger partial charge on any atom is -0.447 e. The van der Waals surface area contributed by atoms with Crippen LogP contribution in [0.25, 0.3) is 11.0 Å². The number of hydrogen-bond acceptors (Lipinski definition) is 8. The number of aliphatic hydroxyl groups is 1. The number of rotatable bonds is 13. The quantitative estimate of drug-likeness (QED) is 0.156. The third kappa shape index (κ3) is 7.66. The van der Waals surface area contributed by atoms with Gasteiger partial charge in [-0.15, -0.1) is 0 Å². The van der Waals surface area contributed by atoms with E-state index in [0.29, 0.717) is 29.2 Å². The first-order chi connectivity index (χ1) is 20.6. The number of nitrogens with one attached hydrogen (secondary N) is 3. The fraction of sp³-hybridized carbons (Fsp3) is 0.258. The molecule has 0 aliphatic carbocycles. The highest BCUT2D eigenvalue weighted by Gasteiger charge is 2.21. The molecule has 0 saturated carbocycles. The zero-order valence-electron chi connectivity index (χ0n) is 23.9. The van der Waals surface area contributed by atoms with E-state index in [4.69, 9.17) is 4.42 Å².